The van der Waals surface area contributed by atoms with Crippen LogP contribution in [-0.2, 0) is 12.8 Å². The predicted molar refractivity (Wildman–Crippen MR) is 126 cm³/mol. The van der Waals surface area contributed by atoms with Gasteiger partial charge in [-0.05, 0) is 49.1 Å². The summed E-state index contributed by atoms with van der Waals surface area (Å²) in [5.41, 5.74) is 4.30. The summed E-state index contributed by atoms with van der Waals surface area (Å²) in [5, 5.41) is 15.1. The zero-order valence-corrected chi connectivity index (χ0v) is 18.5. The van der Waals surface area contributed by atoms with Crippen LogP contribution >= 0.6 is 24.0 Å². The summed E-state index contributed by atoms with van der Waals surface area (Å²) in [4.78, 5) is 13.0. The van der Waals surface area contributed by atoms with Gasteiger partial charge in [0.2, 0.25) is 0 Å². The lowest BCUT2D eigenvalue weighted by molar-refractivity contribution is 0.248. The van der Waals surface area contributed by atoms with Crippen LogP contribution in [0.2, 0.25) is 5.02 Å². The summed E-state index contributed by atoms with van der Waals surface area (Å²) in [6.45, 7) is 1.53. The number of hydrogen-bond acceptors (Lipinski definition) is 3. The average molecular weight is 458 g/mol. The van der Waals surface area contributed by atoms with E-state index in [-0.39, 0.29) is 30.4 Å². The highest BCUT2D eigenvalue weighted by atomic mass is 35.5. The fourth-order valence-corrected chi connectivity index (χ4v) is 4.70. The molecule has 8 heteroatoms. The van der Waals surface area contributed by atoms with E-state index in [0.29, 0.717) is 5.02 Å². The number of nitrogens with zero attached hydrogens (tertiary/aromatic N) is 2. The molecule has 1 aliphatic heterocycles. The Hall–Kier alpha value is -2.54. The molecule has 0 spiro atoms. The molecule has 1 saturated heterocycles. The minimum Gasteiger partial charge on any atom is -0.333 e. The second kappa shape index (κ2) is 9.30. The second-order valence-corrected chi connectivity index (χ2v) is 8.34. The van der Waals surface area contributed by atoms with Crippen LogP contribution in [0.15, 0.2) is 54.6 Å². The number of fused-ring (bicyclic) bond motifs is 1. The Balaban J connectivity index is 0.00000231. The minimum absolute atomic E-state index is 0. The normalized spacial score (nSPS) is 19.5. The first-order chi connectivity index (χ1) is 14.7. The highest BCUT2D eigenvalue weighted by Gasteiger charge is 2.31. The summed E-state index contributed by atoms with van der Waals surface area (Å²) in [7, 11) is 0. The number of anilines is 1. The number of para-hydroxylation sites is 1. The Labute approximate surface area is 192 Å². The number of carbonyl (C=O) groups excluding carboxylic acids is 1. The van der Waals surface area contributed by atoms with Crippen molar-refractivity contribution in [3.8, 4) is 5.69 Å². The van der Waals surface area contributed by atoms with Gasteiger partial charge in [0.15, 0.2) is 0 Å². The molecular formula is C23H25Cl2N5O. The number of urea groups is 1. The third-order valence-electron chi connectivity index (χ3n) is 5.95. The standard InChI is InChI=1S/C23H24ClN5O.ClH/c24-16-7-4-6-15(12-16)19-13-25-14-21(19)26-23(30)27-22-18-10-5-11-20(18)28-29(22)17-8-2-1-3-9-17;/h1-4,6-9,12,19,21,25H,5,10-11,13-14H2,(H2,26,27,30);1H/t19-,21+;/m1./s1. The van der Waals surface area contributed by atoms with Crippen molar-refractivity contribution in [2.75, 3.05) is 18.4 Å². The number of aromatic nitrogens is 2. The van der Waals surface area contributed by atoms with E-state index in [1.807, 2.05) is 53.2 Å². The van der Waals surface area contributed by atoms with Gasteiger partial charge >= 0.3 is 6.03 Å². The van der Waals surface area contributed by atoms with Gasteiger partial charge in [0.25, 0.3) is 0 Å². The van der Waals surface area contributed by atoms with Crippen LogP contribution < -0.4 is 16.0 Å². The van der Waals surface area contributed by atoms with Crippen molar-refractivity contribution in [3.63, 3.8) is 0 Å². The number of halogens is 2. The monoisotopic (exact) mass is 457 g/mol. The predicted octanol–water partition coefficient (Wildman–Crippen LogP) is 4.31. The van der Waals surface area contributed by atoms with Gasteiger partial charge in [-0.1, -0.05) is 41.9 Å². The smallest absolute Gasteiger partial charge is 0.320 e. The molecule has 1 aromatic heterocycles. The largest absolute Gasteiger partial charge is 0.333 e. The number of hydrogen-bond donors (Lipinski definition) is 3. The van der Waals surface area contributed by atoms with Crippen LogP contribution in [0.3, 0.4) is 0 Å². The molecule has 6 nitrogen and oxygen atoms in total. The van der Waals surface area contributed by atoms with Gasteiger partial charge in [0, 0.05) is 29.6 Å². The molecule has 2 amide bonds. The first kappa shape index (κ1) is 21.7. The zero-order chi connectivity index (χ0) is 20.5. The van der Waals surface area contributed by atoms with E-state index in [2.05, 4.69) is 22.0 Å². The fourth-order valence-electron chi connectivity index (χ4n) is 4.51. The van der Waals surface area contributed by atoms with Crippen molar-refractivity contribution in [2.24, 2.45) is 0 Å². The van der Waals surface area contributed by atoms with Crippen molar-refractivity contribution >= 4 is 35.9 Å². The quantitative estimate of drug-likeness (QED) is 0.546. The molecule has 0 radical (unpaired) electrons. The lowest BCUT2D eigenvalue weighted by Crippen LogP contribution is -2.42. The minimum atomic E-state index is -0.206. The Morgan fingerprint density at radius 1 is 1.10 bits per heavy atom. The maximum Gasteiger partial charge on any atom is 0.320 e. The Morgan fingerprint density at radius 2 is 1.94 bits per heavy atom. The molecule has 0 bridgehead atoms. The molecule has 1 fully saturated rings. The SMILES string of the molecule is Cl.O=C(Nc1c2c(nn1-c1ccccc1)CCC2)N[C@H]1CNC[C@@H]1c1cccc(Cl)c1. The van der Waals surface area contributed by atoms with Gasteiger partial charge < -0.3 is 10.6 Å². The number of nitrogens with one attached hydrogen (secondary N) is 3. The lowest BCUT2D eigenvalue weighted by atomic mass is 9.94. The van der Waals surface area contributed by atoms with E-state index in [1.54, 1.807) is 0 Å². The third-order valence-corrected chi connectivity index (χ3v) is 6.18. The van der Waals surface area contributed by atoms with Gasteiger partial charge in [-0.2, -0.15) is 5.10 Å². The van der Waals surface area contributed by atoms with Gasteiger partial charge in [0.1, 0.15) is 5.82 Å². The van der Waals surface area contributed by atoms with Crippen LogP contribution in [0.5, 0.6) is 0 Å². The fraction of sp³-hybridized carbons (Fsp3) is 0.304. The molecule has 2 aromatic carbocycles. The van der Waals surface area contributed by atoms with Crippen LogP contribution in [0.25, 0.3) is 5.69 Å². The zero-order valence-electron chi connectivity index (χ0n) is 17.0. The number of carbonyl (C=O) groups is 1. The van der Waals surface area contributed by atoms with Crippen LogP contribution in [0.1, 0.15) is 29.2 Å². The highest BCUT2D eigenvalue weighted by molar-refractivity contribution is 6.30. The molecule has 2 heterocycles. The third kappa shape index (κ3) is 4.42. The average Bonchev–Trinajstić information content (AvgIpc) is 3.46. The topological polar surface area (TPSA) is 71.0 Å². The van der Waals surface area contributed by atoms with Crippen molar-refractivity contribution < 1.29 is 4.79 Å². The lowest BCUT2D eigenvalue weighted by Gasteiger charge is -2.21. The summed E-state index contributed by atoms with van der Waals surface area (Å²) < 4.78 is 1.85. The molecular weight excluding hydrogens is 433 g/mol. The van der Waals surface area contributed by atoms with Gasteiger partial charge in [-0.15, -0.1) is 12.4 Å². The molecule has 31 heavy (non-hydrogen) atoms. The number of rotatable bonds is 4. The molecule has 1 aliphatic carbocycles. The van der Waals surface area contributed by atoms with Gasteiger partial charge in [-0.25, -0.2) is 9.48 Å². The summed E-state index contributed by atoms with van der Waals surface area (Å²) >= 11 is 6.17. The maximum absolute atomic E-state index is 13.0. The first-order valence-electron chi connectivity index (χ1n) is 10.4. The van der Waals surface area contributed by atoms with Crippen LogP contribution in [0.4, 0.5) is 10.6 Å². The van der Waals surface area contributed by atoms with Crippen molar-refractivity contribution in [3.05, 3.63) is 76.4 Å². The van der Waals surface area contributed by atoms with Crippen LogP contribution in [0, 0.1) is 0 Å². The highest BCUT2D eigenvalue weighted by Crippen LogP contribution is 2.31. The van der Waals surface area contributed by atoms with E-state index in [0.717, 1.165) is 60.7 Å². The Kier molecular flexibility index (Phi) is 6.51. The molecule has 3 aromatic rings. The van der Waals surface area contributed by atoms with E-state index in [9.17, 15) is 4.79 Å². The molecule has 2 aliphatic rings. The van der Waals surface area contributed by atoms with Gasteiger partial charge in [-0.3, -0.25) is 5.32 Å². The van der Waals surface area contributed by atoms with E-state index in [1.165, 1.54) is 0 Å². The Morgan fingerprint density at radius 3 is 2.74 bits per heavy atom. The maximum atomic E-state index is 13.0. The van der Waals surface area contributed by atoms with E-state index in [4.69, 9.17) is 16.7 Å². The molecule has 3 N–H and O–H groups in total. The van der Waals surface area contributed by atoms with Crippen molar-refractivity contribution in [1.29, 1.82) is 0 Å². The summed E-state index contributed by atoms with van der Waals surface area (Å²) in [6.07, 6.45) is 2.97. The number of amides is 2. The first-order valence-corrected chi connectivity index (χ1v) is 10.8. The molecule has 162 valence electrons. The molecule has 2 atom stereocenters. The number of aryl methyl sites for hydroxylation is 1. The molecule has 5 rings (SSSR count). The van der Waals surface area contributed by atoms with Crippen LogP contribution in [-0.4, -0.2) is 34.9 Å². The number of benzene rings is 2. The summed E-state index contributed by atoms with van der Waals surface area (Å²) in [5.74, 6) is 0.954. The van der Waals surface area contributed by atoms with Crippen molar-refractivity contribution in [1.82, 2.24) is 20.4 Å². The van der Waals surface area contributed by atoms with E-state index < -0.39 is 0 Å². The van der Waals surface area contributed by atoms with E-state index >= 15 is 0 Å². The van der Waals surface area contributed by atoms with Gasteiger partial charge in [0.05, 0.1) is 17.4 Å². The van der Waals surface area contributed by atoms with Crippen molar-refractivity contribution in [2.45, 2.75) is 31.2 Å². The molecule has 0 unspecified atom stereocenters. The molecule has 0 saturated carbocycles. The Bertz CT molecular complexity index is 1070. The summed E-state index contributed by atoms with van der Waals surface area (Å²) in [6, 6.07) is 17.6. The second-order valence-electron chi connectivity index (χ2n) is 7.90.